The van der Waals surface area contributed by atoms with Crippen LogP contribution in [-0.2, 0) is 0 Å². The fourth-order valence-corrected chi connectivity index (χ4v) is 5.51. The molecule has 0 bridgehead atoms. The number of nitrogens with zero attached hydrogens (tertiary/aromatic N) is 3. The van der Waals surface area contributed by atoms with Gasteiger partial charge in [-0.3, -0.25) is 4.90 Å². The number of allylic oxidation sites excluding steroid dienone is 2. The summed E-state index contributed by atoms with van der Waals surface area (Å²) in [7, 11) is 0. The van der Waals surface area contributed by atoms with E-state index in [9.17, 15) is 20.7 Å². The lowest BCUT2D eigenvalue weighted by Crippen LogP contribution is -2.41. The predicted octanol–water partition coefficient (Wildman–Crippen LogP) is 3.78. The Morgan fingerprint density at radius 1 is 1.00 bits per heavy atom. The minimum Gasteiger partial charge on any atom is -0.395 e. The summed E-state index contributed by atoms with van der Waals surface area (Å²) in [5.41, 5.74) is 1.58. The van der Waals surface area contributed by atoms with Gasteiger partial charge in [0.25, 0.3) is 0 Å². The minimum absolute atomic E-state index is 0.153. The van der Waals surface area contributed by atoms with Crippen molar-refractivity contribution < 1.29 is 10.2 Å². The molecule has 0 spiro atoms. The molecule has 0 aliphatic heterocycles. The summed E-state index contributed by atoms with van der Waals surface area (Å²) in [5.74, 6) is 1.33. The Balaban J connectivity index is 1.85. The lowest BCUT2D eigenvalue weighted by molar-refractivity contribution is 0.0876. The highest BCUT2D eigenvalue weighted by atomic mass is 16.3. The molecular weight excluding hydrogens is 350 g/mol. The lowest BCUT2D eigenvalue weighted by Gasteiger charge is -2.39. The molecule has 2 aliphatic rings. The van der Waals surface area contributed by atoms with Gasteiger partial charge in [0.15, 0.2) is 0 Å². The largest absolute Gasteiger partial charge is 0.395 e. The monoisotopic (exact) mass is 387 g/mol. The molecule has 28 heavy (non-hydrogen) atoms. The van der Waals surface area contributed by atoms with Crippen LogP contribution in [0, 0.1) is 39.9 Å². The van der Waals surface area contributed by atoms with Crippen molar-refractivity contribution in [2.45, 2.75) is 77.7 Å². The van der Waals surface area contributed by atoms with Gasteiger partial charge in [-0.1, -0.05) is 20.3 Å². The third-order valence-corrected chi connectivity index (χ3v) is 6.74. The maximum Gasteiger partial charge on any atom is 0.128 e. The second-order valence-corrected chi connectivity index (χ2v) is 9.55. The van der Waals surface area contributed by atoms with E-state index in [2.05, 4.69) is 30.9 Å². The molecule has 0 aromatic heterocycles. The number of rotatable bonds is 8. The topological polar surface area (TPSA) is 91.3 Å². The van der Waals surface area contributed by atoms with Crippen LogP contribution >= 0.6 is 0 Å². The van der Waals surface area contributed by atoms with Crippen molar-refractivity contribution in [3.05, 3.63) is 11.1 Å². The minimum atomic E-state index is 0.153. The summed E-state index contributed by atoms with van der Waals surface area (Å²) >= 11 is 0. The zero-order chi connectivity index (χ0) is 20.6. The van der Waals surface area contributed by atoms with Crippen molar-refractivity contribution in [3.63, 3.8) is 0 Å². The van der Waals surface area contributed by atoms with Crippen LogP contribution in [0.15, 0.2) is 11.1 Å². The zero-order valence-electron chi connectivity index (χ0n) is 17.7. The fraction of sp³-hybridized carbons (Fsp3) is 0.826. The summed E-state index contributed by atoms with van der Waals surface area (Å²) in [4.78, 5) is 2.24. The molecule has 0 aromatic rings. The van der Waals surface area contributed by atoms with Gasteiger partial charge in [-0.25, -0.2) is 0 Å². The van der Waals surface area contributed by atoms with E-state index in [1.54, 1.807) is 0 Å². The van der Waals surface area contributed by atoms with Gasteiger partial charge in [-0.05, 0) is 74.2 Å². The fourth-order valence-electron chi connectivity index (χ4n) is 5.51. The van der Waals surface area contributed by atoms with Crippen molar-refractivity contribution in [2.75, 3.05) is 26.3 Å². The van der Waals surface area contributed by atoms with Gasteiger partial charge in [0.1, 0.15) is 17.7 Å². The standard InChI is InChI=1S/C23H37N3O2/c1-23(2)14-19(13-20(15-23)21(16-24)17-25)4-3-18-5-7-22(8-6-18)26(9-11-27)10-12-28/h18-19,22,27-28H,3-15H2,1-2H3. The van der Waals surface area contributed by atoms with E-state index in [-0.39, 0.29) is 18.6 Å². The quantitative estimate of drug-likeness (QED) is 0.618. The Morgan fingerprint density at radius 2 is 1.57 bits per heavy atom. The number of aliphatic hydroxyl groups is 2. The number of nitriles is 2. The summed E-state index contributed by atoms with van der Waals surface area (Å²) in [5, 5.41) is 37.0. The molecule has 1 unspecified atom stereocenters. The number of aliphatic hydroxyl groups excluding tert-OH is 2. The smallest absolute Gasteiger partial charge is 0.128 e. The third-order valence-electron chi connectivity index (χ3n) is 6.74. The van der Waals surface area contributed by atoms with E-state index >= 15 is 0 Å². The average Bonchev–Trinajstić information content (AvgIpc) is 2.66. The molecular formula is C23H37N3O2. The first-order chi connectivity index (χ1) is 13.4. The molecule has 0 saturated heterocycles. The van der Waals surface area contributed by atoms with E-state index in [1.807, 2.05) is 0 Å². The maximum absolute atomic E-state index is 9.25. The first-order valence-corrected chi connectivity index (χ1v) is 10.9. The van der Waals surface area contributed by atoms with Gasteiger partial charge in [0, 0.05) is 19.1 Å². The molecule has 2 N–H and O–H groups in total. The normalized spacial score (nSPS) is 27.2. The molecule has 156 valence electrons. The molecule has 1 atom stereocenters. The second-order valence-electron chi connectivity index (χ2n) is 9.55. The Hall–Kier alpha value is -1.40. The van der Waals surface area contributed by atoms with Gasteiger partial charge in [-0.2, -0.15) is 10.5 Å². The molecule has 2 aliphatic carbocycles. The number of hydrogen-bond acceptors (Lipinski definition) is 5. The van der Waals surface area contributed by atoms with Crippen LogP contribution < -0.4 is 0 Å². The van der Waals surface area contributed by atoms with Crippen LogP contribution in [0.4, 0.5) is 0 Å². The number of hydrogen-bond donors (Lipinski definition) is 2. The first kappa shape index (κ1) is 22.9. The van der Waals surface area contributed by atoms with Crippen molar-refractivity contribution >= 4 is 0 Å². The molecule has 5 heteroatoms. The highest BCUT2D eigenvalue weighted by Gasteiger charge is 2.33. The summed E-state index contributed by atoms with van der Waals surface area (Å²) < 4.78 is 0. The van der Waals surface area contributed by atoms with Gasteiger partial charge < -0.3 is 10.2 Å². The predicted molar refractivity (Wildman–Crippen MR) is 110 cm³/mol. The maximum atomic E-state index is 9.25. The van der Waals surface area contributed by atoms with Crippen LogP contribution in [0.25, 0.3) is 0 Å². The van der Waals surface area contributed by atoms with Gasteiger partial charge in [0.2, 0.25) is 0 Å². The summed E-state index contributed by atoms with van der Waals surface area (Å²) in [6.45, 7) is 6.13. The first-order valence-electron chi connectivity index (χ1n) is 10.9. The van der Waals surface area contributed by atoms with E-state index in [0.717, 1.165) is 37.2 Å². The van der Waals surface area contributed by atoms with E-state index in [0.29, 0.717) is 30.6 Å². The average molecular weight is 388 g/mol. The second kappa shape index (κ2) is 11.0. The van der Waals surface area contributed by atoms with Crippen LogP contribution in [-0.4, -0.2) is 47.5 Å². The van der Waals surface area contributed by atoms with Gasteiger partial charge in [-0.15, -0.1) is 0 Å². The molecule has 2 rings (SSSR count). The Kier molecular flexibility index (Phi) is 8.96. The zero-order valence-corrected chi connectivity index (χ0v) is 17.7. The molecule has 0 heterocycles. The van der Waals surface area contributed by atoms with Crippen molar-refractivity contribution in [1.29, 1.82) is 10.5 Å². The highest BCUT2D eigenvalue weighted by Crippen LogP contribution is 2.45. The van der Waals surface area contributed by atoms with E-state index in [1.165, 1.54) is 32.1 Å². The van der Waals surface area contributed by atoms with Gasteiger partial charge in [0.05, 0.1) is 13.2 Å². The summed E-state index contributed by atoms with van der Waals surface area (Å²) in [6, 6.07) is 4.69. The van der Waals surface area contributed by atoms with E-state index < -0.39 is 0 Å². The van der Waals surface area contributed by atoms with Crippen LogP contribution in [0.5, 0.6) is 0 Å². The molecule has 0 aromatic carbocycles. The van der Waals surface area contributed by atoms with Crippen molar-refractivity contribution in [2.24, 2.45) is 17.3 Å². The molecule has 5 nitrogen and oxygen atoms in total. The van der Waals surface area contributed by atoms with Crippen molar-refractivity contribution in [3.8, 4) is 12.1 Å². The van der Waals surface area contributed by atoms with Crippen LogP contribution in [0.3, 0.4) is 0 Å². The van der Waals surface area contributed by atoms with Crippen LogP contribution in [0.2, 0.25) is 0 Å². The lowest BCUT2D eigenvalue weighted by atomic mass is 9.67. The Morgan fingerprint density at radius 3 is 2.11 bits per heavy atom. The van der Waals surface area contributed by atoms with E-state index in [4.69, 9.17) is 0 Å². The Bertz CT molecular complexity index is 584. The highest BCUT2D eigenvalue weighted by molar-refractivity contribution is 5.41. The van der Waals surface area contributed by atoms with Crippen LogP contribution in [0.1, 0.15) is 71.6 Å². The molecule has 0 radical (unpaired) electrons. The van der Waals surface area contributed by atoms with Gasteiger partial charge >= 0.3 is 0 Å². The molecule has 2 fully saturated rings. The summed E-state index contributed by atoms with van der Waals surface area (Å²) in [6.07, 6.45) is 10.1. The van der Waals surface area contributed by atoms with Crippen molar-refractivity contribution in [1.82, 2.24) is 4.90 Å². The Labute approximate surface area is 170 Å². The molecule has 2 saturated carbocycles. The molecule has 0 amide bonds. The SMILES string of the molecule is CC1(C)CC(=C(C#N)C#N)CC(CCC2CCC(N(CCO)CCO)CC2)C1. The third kappa shape index (κ3) is 6.59.